The fourth-order valence-corrected chi connectivity index (χ4v) is 2.96. The molecule has 2 aromatic carbocycles. The van der Waals surface area contributed by atoms with Gasteiger partial charge in [0.1, 0.15) is 0 Å². The Morgan fingerprint density at radius 1 is 0.852 bits per heavy atom. The van der Waals surface area contributed by atoms with Crippen molar-refractivity contribution in [1.29, 1.82) is 0 Å². The average Bonchev–Trinajstić information content (AvgIpc) is 2.65. The number of nitrogens with zero attached hydrogens (tertiary/aromatic N) is 2. The molecule has 27 heavy (non-hydrogen) atoms. The highest BCUT2D eigenvalue weighted by molar-refractivity contribution is 9.10. The number of benzene rings is 2. The van der Waals surface area contributed by atoms with Gasteiger partial charge in [-0.1, -0.05) is 22.0 Å². The SMILES string of the molecule is Cc1nc2ccc(C(=O)NCCNC(=O)c3cccc(Br)c3)cc2nc1C. The van der Waals surface area contributed by atoms with E-state index in [4.69, 9.17) is 0 Å². The zero-order valence-corrected chi connectivity index (χ0v) is 16.6. The first-order valence-corrected chi connectivity index (χ1v) is 9.30. The second-order valence-electron chi connectivity index (χ2n) is 6.12. The van der Waals surface area contributed by atoms with Crippen LogP contribution in [0.4, 0.5) is 0 Å². The van der Waals surface area contributed by atoms with Gasteiger partial charge < -0.3 is 10.6 Å². The van der Waals surface area contributed by atoms with Crippen LogP contribution in [-0.4, -0.2) is 34.9 Å². The Hall–Kier alpha value is -2.80. The van der Waals surface area contributed by atoms with Gasteiger partial charge in [-0.25, -0.2) is 9.97 Å². The molecule has 0 bridgehead atoms. The van der Waals surface area contributed by atoms with E-state index in [2.05, 4.69) is 36.5 Å². The Labute approximate surface area is 165 Å². The second-order valence-corrected chi connectivity index (χ2v) is 7.04. The molecule has 7 heteroatoms. The maximum absolute atomic E-state index is 12.3. The van der Waals surface area contributed by atoms with Crippen LogP contribution in [0.1, 0.15) is 32.1 Å². The Kier molecular flexibility index (Phi) is 5.81. The van der Waals surface area contributed by atoms with Gasteiger partial charge in [0.15, 0.2) is 0 Å². The summed E-state index contributed by atoms with van der Waals surface area (Å²) in [7, 11) is 0. The van der Waals surface area contributed by atoms with Crippen LogP contribution in [0.5, 0.6) is 0 Å². The topological polar surface area (TPSA) is 84.0 Å². The predicted octanol–water partition coefficient (Wildman–Crippen LogP) is 3.17. The van der Waals surface area contributed by atoms with Crippen molar-refractivity contribution < 1.29 is 9.59 Å². The zero-order chi connectivity index (χ0) is 19.4. The Morgan fingerprint density at radius 2 is 1.44 bits per heavy atom. The van der Waals surface area contributed by atoms with Crippen molar-refractivity contribution in [1.82, 2.24) is 20.6 Å². The van der Waals surface area contributed by atoms with E-state index in [-0.39, 0.29) is 11.8 Å². The first-order chi connectivity index (χ1) is 12.9. The third kappa shape index (κ3) is 4.68. The molecule has 1 heterocycles. The van der Waals surface area contributed by atoms with Gasteiger partial charge >= 0.3 is 0 Å². The van der Waals surface area contributed by atoms with Crippen LogP contribution in [0.2, 0.25) is 0 Å². The Bertz CT molecular complexity index is 1020. The summed E-state index contributed by atoms with van der Waals surface area (Å²) in [6.45, 7) is 4.46. The molecule has 0 saturated carbocycles. The van der Waals surface area contributed by atoms with Gasteiger partial charge in [0.05, 0.1) is 22.4 Å². The zero-order valence-electron chi connectivity index (χ0n) is 15.0. The maximum atomic E-state index is 12.3. The number of hydrogen-bond donors (Lipinski definition) is 2. The van der Waals surface area contributed by atoms with Crippen LogP contribution < -0.4 is 10.6 Å². The minimum atomic E-state index is -0.214. The van der Waals surface area contributed by atoms with Gasteiger partial charge in [-0.05, 0) is 50.2 Å². The number of fused-ring (bicyclic) bond motifs is 1. The minimum absolute atomic E-state index is 0.183. The van der Waals surface area contributed by atoms with Crippen molar-refractivity contribution in [3.63, 3.8) is 0 Å². The summed E-state index contributed by atoms with van der Waals surface area (Å²) in [6.07, 6.45) is 0. The van der Waals surface area contributed by atoms with Crippen molar-refractivity contribution in [3.8, 4) is 0 Å². The van der Waals surface area contributed by atoms with Crippen LogP contribution in [0.25, 0.3) is 11.0 Å². The Morgan fingerprint density at radius 3 is 2.07 bits per heavy atom. The second kappa shape index (κ2) is 8.26. The molecule has 138 valence electrons. The van der Waals surface area contributed by atoms with Crippen molar-refractivity contribution in [2.45, 2.75) is 13.8 Å². The normalized spacial score (nSPS) is 10.6. The number of amides is 2. The smallest absolute Gasteiger partial charge is 0.251 e. The van der Waals surface area contributed by atoms with E-state index < -0.39 is 0 Å². The minimum Gasteiger partial charge on any atom is -0.350 e. The molecule has 2 amide bonds. The van der Waals surface area contributed by atoms with E-state index >= 15 is 0 Å². The number of hydrogen-bond acceptors (Lipinski definition) is 4. The van der Waals surface area contributed by atoms with Crippen LogP contribution in [-0.2, 0) is 0 Å². The van der Waals surface area contributed by atoms with Crippen molar-refractivity contribution >= 4 is 38.8 Å². The lowest BCUT2D eigenvalue weighted by Crippen LogP contribution is -2.34. The summed E-state index contributed by atoms with van der Waals surface area (Å²) in [6, 6.07) is 12.4. The van der Waals surface area contributed by atoms with E-state index in [0.29, 0.717) is 29.7 Å². The largest absolute Gasteiger partial charge is 0.350 e. The third-order valence-electron chi connectivity index (χ3n) is 4.12. The quantitative estimate of drug-likeness (QED) is 0.613. The molecule has 0 unspecified atom stereocenters. The molecule has 0 aliphatic heterocycles. The van der Waals surface area contributed by atoms with Gasteiger partial charge in [0.2, 0.25) is 0 Å². The lowest BCUT2D eigenvalue weighted by molar-refractivity contribution is 0.0927. The summed E-state index contributed by atoms with van der Waals surface area (Å²) < 4.78 is 0.841. The third-order valence-corrected chi connectivity index (χ3v) is 4.61. The number of carbonyl (C=O) groups excluding carboxylic acids is 2. The monoisotopic (exact) mass is 426 g/mol. The standard InChI is InChI=1S/C20H19BrN4O2/c1-12-13(2)25-18-11-15(6-7-17(18)24-12)20(27)23-9-8-22-19(26)14-4-3-5-16(21)10-14/h3-7,10-11H,8-9H2,1-2H3,(H,22,26)(H,23,27). The summed E-state index contributed by atoms with van der Waals surface area (Å²) >= 11 is 3.34. The van der Waals surface area contributed by atoms with Crippen LogP contribution in [0, 0.1) is 13.8 Å². The molecule has 0 saturated heterocycles. The summed E-state index contributed by atoms with van der Waals surface area (Å²) in [5, 5.41) is 5.58. The number of rotatable bonds is 5. The van der Waals surface area contributed by atoms with Crippen molar-refractivity contribution in [3.05, 3.63) is 69.5 Å². The van der Waals surface area contributed by atoms with Crippen molar-refractivity contribution in [2.75, 3.05) is 13.1 Å². The molecule has 0 atom stereocenters. The summed E-state index contributed by atoms with van der Waals surface area (Å²) in [5.74, 6) is -0.397. The van der Waals surface area contributed by atoms with Gasteiger partial charge in [-0.3, -0.25) is 9.59 Å². The molecule has 6 nitrogen and oxygen atoms in total. The molecular weight excluding hydrogens is 408 g/mol. The van der Waals surface area contributed by atoms with Gasteiger partial charge in [-0.2, -0.15) is 0 Å². The number of nitrogens with one attached hydrogen (secondary N) is 2. The maximum Gasteiger partial charge on any atom is 0.251 e. The first-order valence-electron chi connectivity index (χ1n) is 8.51. The molecule has 2 N–H and O–H groups in total. The first kappa shape index (κ1) is 19.0. The molecule has 0 aliphatic carbocycles. The molecule has 0 fully saturated rings. The molecule has 0 radical (unpaired) electrons. The van der Waals surface area contributed by atoms with Crippen LogP contribution >= 0.6 is 15.9 Å². The van der Waals surface area contributed by atoms with E-state index in [1.54, 1.807) is 36.4 Å². The number of carbonyl (C=O) groups is 2. The van der Waals surface area contributed by atoms with E-state index in [1.807, 2.05) is 19.9 Å². The van der Waals surface area contributed by atoms with Gasteiger partial charge in [0, 0.05) is 28.7 Å². The van der Waals surface area contributed by atoms with Crippen LogP contribution in [0.15, 0.2) is 46.9 Å². The van der Waals surface area contributed by atoms with E-state index in [0.717, 1.165) is 21.4 Å². The highest BCUT2D eigenvalue weighted by atomic mass is 79.9. The average molecular weight is 427 g/mol. The molecule has 3 rings (SSSR count). The highest BCUT2D eigenvalue weighted by Gasteiger charge is 2.09. The lowest BCUT2D eigenvalue weighted by Gasteiger charge is -2.08. The van der Waals surface area contributed by atoms with E-state index in [1.165, 1.54) is 0 Å². The Balaban J connectivity index is 1.55. The fourth-order valence-electron chi connectivity index (χ4n) is 2.56. The fraction of sp³-hybridized carbons (Fsp3) is 0.200. The van der Waals surface area contributed by atoms with Crippen LogP contribution in [0.3, 0.4) is 0 Å². The number of halogens is 1. The predicted molar refractivity (Wildman–Crippen MR) is 108 cm³/mol. The summed E-state index contributed by atoms with van der Waals surface area (Å²) in [5.41, 5.74) is 4.24. The summed E-state index contributed by atoms with van der Waals surface area (Å²) in [4.78, 5) is 33.3. The number of aryl methyl sites for hydroxylation is 2. The van der Waals surface area contributed by atoms with Crippen molar-refractivity contribution in [2.24, 2.45) is 0 Å². The van der Waals surface area contributed by atoms with E-state index in [9.17, 15) is 9.59 Å². The van der Waals surface area contributed by atoms with Gasteiger partial charge in [0.25, 0.3) is 11.8 Å². The molecule has 0 spiro atoms. The molecule has 0 aliphatic rings. The number of aromatic nitrogens is 2. The van der Waals surface area contributed by atoms with Gasteiger partial charge in [-0.15, -0.1) is 0 Å². The molecule has 3 aromatic rings. The molecule has 1 aromatic heterocycles. The molecular formula is C20H19BrN4O2. The highest BCUT2D eigenvalue weighted by Crippen LogP contribution is 2.14. The lowest BCUT2D eigenvalue weighted by atomic mass is 10.1.